The van der Waals surface area contributed by atoms with Crippen LogP contribution < -0.4 is 4.74 Å². The third-order valence-corrected chi connectivity index (χ3v) is 6.30. The molecule has 4 fully saturated rings. The Kier molecular flexibility index (Phi) is 2.96. The fraction of sp³-hybridized carbons (Fsp3) is 0.600. The van der Waals surface area contributed by atoms with Crippen LogP contribution in [-0.2, 0) is 5.41 Å². The third kappa shape index (κ3) is 2.05. The van der Waals surface area contributed by atoms with Crippen LogP contribution in [0.25, 0.3) is 5.57 Å². The Morgan fingerprint density at radius 1 is 1.10 bits per heavy atom. The second-order valence-corrected chi connectivity index (χ2v) is 7.89. The van der Waals surface area contributed by atoms with Crippen LogP contribution >= 0.6 is 0 Å². The molecule has 5 rings (SSSR count). The van der Waals surface area contributed by atoms with E-state index in [9.17, 15) is 0 Å². The lowest BCUT2D eigenvalue weighted by Crippen LogP contribution is -2.48. The van der Waals surface area contributed by atoms with Crippen LogP contribution in [0.3, 0.4) is 0 Å². The highest BCUT2D eigenvalue weighted by Gasteiger charge is 2.52. The van der Waals surface area contributed by atoms with Gasteiger partial charge in [-0.15, -0.1) is 0 Å². The van der Waals surface area contributed by atoms with Gasteiger partial charge in [0.2, 0.25) is 0 Å². The van der Waals surface area contributed by atoms with Gasteiger partial charge >= 0.3 is 0 Å². The Balaban J connectivity index is 1.81. The van der Waals surface area contributed by atoms with Crippen LogP contribution in [0.5, 0.6) is 5.75 Å². The predicted molar refractivity (Wildman–Crippen MR) is 87.6 cm³/mol. The van der Waals surface area contributed by atoms with E-state index in [0.717, 1.165) is 29.1 Å². The summed E-state index contributed by atoms with van der Waals surface area (Å²) in [4.78, 5) is 0. The van der Waals surface area contributed by atoms with Gasteiger partial charge in [-0.1, -0.05) is 18.2 Å². The number of methoxy groups -OCH3 is 1. The largest absolute Gasteiger partial charge is 0.496 e. The van der Waals surface area contributed by atoms with Crippen LogP contribution in [0.1, 0.15) is 56.6 Å². The molecule has 0 atom stereocenters. The van der Waals surface area contributed by atoms with E-state index < -0.39 is 0 Å². The van der Waals surface area contributed by atoms with Crippen molar-refractivity contribution >= 4 is 5.57 Å². The molecular formula is C20H26O. The first-order chi connectivity index (χ1) is 10.1. The fourth-order valence-corrected chi connectivity index (χ4v) is 5.83. The second-order valence-electron chi connectivity index (χ2n) is 7.89. The van der Waals surface area contributed by atoms with Crippen molar-refractivity contribution in [2.24, 2.45) is 17.8 Å². The molecule has 21 heavy (non-hydrogen) atoms. The monoisotopic (exact) mass is 282 g/mol. The van der Waals surface area contributed by atoms with Crippen LogP contribution in [0.4, 0.5) is 0 Å². The Bertz CT molecular complexity index is 548. The van der Waals surface area contributed by atoms with Gasteiger partial charge in [-0.25, -0.2) is 0 Å². The minimum Gasteiger partial charge on any atom is -0.496 e. The SMILES string of the molecule is C=C(C)c1ccc(OC)c(C23CC4CC(CC(C4)C2)C3)c1. The number of allylic oxidation sites excluding steroid dienone is 1. The predicted octanol–water partition coefficient (Wildman–Crippen LogP) is 5.20. The van der Waals surface area contributed by atoms with E-state index in [2.05, 4.69) is 31.7 Å². The molecule has 0 unspecified atom stereocenters. The van der Waals surface area contributed by atoms with Gasteiger partial charge < -0.3 is 4.74 Å². The first kappa shape index (κ1) is 13.4. The maximum Gasteiger partial charge on any atom is 0.122 e. The minimum absolute atomic E-state index is 0.394. The standard InChI is InChI=1S/C20H26O/c1-13(2)17-4-5-19(21-3)18(9-17)20-10-14-6-15(11-20)8-16(7-14)12-20/h4-5,9,14-16H,1,6-8,10-12H2,2-3H3. The third-order valence-electron chi connectivity index (χ3n) is 6.30. The smallest absolute Gasteiger partial charge is 0.122 e. The number of ether oxygens (including phenoxy) is 1. The average molecular weight is 282 g/mol. The molecule has 1 aromatic carbocycles. The van der Waals surface area contributed by atoms with E-state index in [0.29, 0.717) is 5.41 Å². The normalized spacial score (nSPS) is 36.8. The summed E-state index contributed by atoms with van der Waals surface area (Å²) in [5.41, 5.74) is 4.31. The highest BCUT2D eigenvalue weighted by Crippen LogP contribution is 2.62. The second kappa shape index (κ2) is 4.63. The van der Waals surface area contributed by atoms with E-state index in [-0.39, 0.29) is 0 Å². The van der Waals surface area contributed by atoms with Gasteiger partial charge in [0.15, 0.2) is 0 Å². The number of benzene rings is 1. The molecule has 1 aromatic rings. The van der Waals surface area contributed by atoms with Crippen molar-refractivity contribution in [2.75, 3.05) is 7.11 Å². The van der Waals surface area contributed by atoms with Crippen LogP contribution in [0, 0.1) is 17.8 Å². The molecule has 0 radical (unpaired) electrons. The maximum absolute atomic E-state index is 5.74. The van der Waals surface area contributed by atoms with Gasteiger partial charge in [0.25, 0.3) is 0 Å². The van der Waals surface area contributed by atoms with Crippen molar-refractivity contribution in [3.8, 4) is 5.75 Å². The first-order valence-electron chi connectivity index (χ1n) is 8.44. The van der Waals surface area contributed by atoms with Crippen molar-refractivity contribution in [1.29, 1.82) is 0 Å². The summed E-state index contributed by atoms with van der Waals surface area (Å²) in [7, 11) is 1.82. The van der Waals surface area contributed by atoms with Gasteiger partial charge in [0.05, 0.1) is 7.11 Å². The summed E-state index contributed by atoms with van der Waals surface area (Å²) < 4.78 is 5.74. The van der Waals surface area contributed by atoms with Crippen molar-refractivity contribution in [2.45, 2.75) is 50.9 Å². The summed E-state index contributed by atoms with van der Waals surface area (Å²) in [6.45, 7) is 6.23. The molecule has 1 nitrogen and oxygen atoms in total. The van der Waals surface area contributed by atoms with E-state index >= 15 is 0 Å². The highest BCUT2D eigenvalue weighted by molar-refractivity contribution is 5.64. The van der Waals surface area contributed by atoms with E-state index in [1.165, 1.54) is 49.7 Å². The molecule has 1 heteroatoms. The van der Waals surface area contributed by atoms with Gasteiger partial charge in [-0.2, -0.15) is 0 Å². The summed E-state index contributed by atoms with van der Waals surface area (Å²) in [5.74, 6) is 4.00. The van der Waals surface area contributed by atoms with Crippen molar-refractivity contribution in [1.82, 2.24) is 0 Å². The highest BCUT2D eigenvalue weighted by atomic mass is 16.5. The van der Waals surface area contributed by atoms with Crippen molar-refractivity contribution in [3.05, 3.63) is 35.9 Å². The lowest BCUT2D eigenvalue weighted by molar-refractivity contribution is -0.00616. The topological polar surface area (TPSA) is 9.23 Å². The zero-order chi connectivity index (χ0) is 14.6. The Morgan fingerprint density at radius 2 is 1.67 bits per heavy atom. The number of hydrogen-bond donors (Lipinski definition) is 0. The van der Waals surface area contributed by atoms with Gasteiger partial charge in [-0.05, 0) is 86.3 Å². The molecule has 0 N–H and O–H groups in total. The summed E-state index contributed by atoms with van der Waals surface area (Å²) in [6.07, 6.45) is 8.62. The molecule has 4 aliphatic rings. The molecule has 0 aromatic heterocycles. The fourth-order valence-electron chi connectivity index (χ4n) is 5.83. The molecule has 0 aliphatic heterocycles. The zero-order valence-corrected chi connectivity index (χ0v) is 13.3. The van der Waals surface area contributed by atoms with Gasteiger partial charge in [0.1, 0.15) is 5.75 Å². The van der Waals surface area contributed by atoms with E-state index in [4.69, 9.17) is 4.74 Å². The van der Waals surface area contributed by atoms with Gasteiger partial charge in [-0.3, -0.25) is 0 Å². The van der Waals surface area contributed by atoms with Crippen LogP contribution in [-0.4, -0.2) is 7.11 Å². The summed E-state index contributed by atoms with van der Waals surface area (Å²) in [6, 6.07) is 6.71. The molecule has 0 amide bonds. The lowest BCUT2D eigenvalue weighted by Gasteiger charge is -2.57. The average Bonchev–Trinajstić information content (AvgIpc) is 2.45. The van der Waals surface area contributed by atoms with Crippen molar-refractivity contribution in [3.63, 3.8) is 0 Å². The van der Waals surface area contributed by atoms with Crippen molar-refractivity contribution < 1.29 is 4.74 Å². The molecule has 4 bridgehead atoms. The maximum atomic E-state index is 5.74. The Hall–Kier alpha value is -1.24. The molecule has 112 valence electrons. The molecule has 0 spiro atoms. The molecule has 0 saturated heterocycles. The molecular weight excluding hydrogens is 256 g/mol. The Morgan fingerprint density at radius 3 is 2.14 bits per heavy atom. The van der Waals surface area contributed by atoms with Crippen LogP contribution in [0.2, 0.25) is 0 Å². The minimum atomic E-state index is 0.394. The van der Waals surface area contributed by atoms with Gasteiger partial charge in [0, 0.05) is 5.56 Å². The lowest BCUT2D eigenvalue weighted by atomic mass is 9.48. The zero-order valence-electron chi connectivity index (χ0n) is 13.3. The number of hydrogen-bond acceptors (Lipinski definition) is 1. The summed E-state index contributed by atoms with van der Waals surface area (Å²) >= 11 is 0. The number of rotatable bonds is 3. The molecule has 0 heterocycles. The Labute approximate surface area is 128 Å². The first-order valence-corrected chi connectivity index (χ1v) is 8.44. The van der Waals surface area contributed by atoms with E-state index in [1.807, 2.05) is 7.11 Å². The molecule has 4 aliphatic carbocycles. The summed E-state index contributed by atoms with van der Waals surface area (Å²) in [5, 5.41) is 0. The molecule has 4 saturated carbocycles. The quantitative estimate of drug-likeness (QED) is 0.740. The van der Waals surface area contributed by atoms with Crippen LogP contribution in [0.15, 0.2) is 24.8 Å². The van der Waals surface area contributed by atoms with E-state index in [1.54, 1.807) is 0 Å².